The molecule has 9 nitrogen and oxygen atoms in total. The van der Waals surface area contributed by atoms with Crippen LogP contribution in [0.3, 0.4) is 0 Å². The molecule has 184 valence electrons. The predicted octanol–water partition coefficient (Wildman–Crippen LogP) is 4.94. The van der Waals surface area contributed by atoms with Gasteiger partial charge >= 0.3 is 6.09 Å². The lowest BCUT2D eigenvalue weighted by atomic mass is 10.1. The number of benzene rings is 1. The lowest BCUT2D eigenvalue weighted by molar-refractivity contribution is 0.0185. The molecule has 4 aromatic rings. The summed E-state index contributed by atoms with van der Waals surface area (Å²) in [5.74, 6) is 0.727. The Morgan fingerprint density at radius 3 is 2.49 bits per heavy atom. The molecule has 1 saturated heterocycles. The number of methoxy groups -OCH3 is 1. The van der Waals surface area contributed by atoms with Crippen molar-refractivity contribution in [2.75, 3.05) is 20.2 Å². The van der Waals surface area contributed by atoms with Crippen molar-refractivity contribution in [2.45, 2.75) is 59.1 Å². The van der Waals surface area contributed by atoms with Crippen LogP contribution in [0.25, 0.3) is 27.8 Å². The zero-order chi connectivity index (χ0) is 24.9. The number of carbonyl (C=O) groups excluding carboxylic acids is 1. The summed E-state index contributed by atoms with van der Waals surface area (Å²) in [6, 6.07) is 6.33. The second-order valence-electron chi connectivity index (χ2n) is 10.3. The number of aryl methyl sites for hydroxylation is 2. The minimum atomic E-state index is -0.487. The number of piperidine rings is 1. The van der Waals surface area contributed by atoms with Crippen LogP contribution in [0.15, 0.2) is 30.6 Å². The summed E-state index contributed by atoms with van der Waals surface area (Å²) in [5.41, 5.74) is 4.96. The van der Waals surface area contributed by atoms with E-state index in [2.05, 4.69) is 17.2 Å². The normalized spacial score (nSPS) is 15.2. The van der Waals surface area contributed by atoms with Crippen molar-refractivity contribution in [3.63, 3.8) is 0 Å². The van der Waals surface area contributed by atoms with Crippen LogP contribution in [0.4, 0.5) is 4.79 Å². The predicted molar refractivity (Wildman–Crippen MR) is 134 cm³/mol. The summed E-state index contributed by atoms with van der Waals surface area (Å²) in [6.07, 6.45) is 5.42. The first-order valence-electron chi connectivity index (χ1n) is 12.0. The lowest BCUT2D eigenvalue weighted by Crippen LogP contribution is -2.42. The Labute approximate surface area is 204 Å². The van der Waals surface area contributed by atoms with Crippen LogP contribution in [0, 0.1) is 13.8 Å². The van der Waals surface area contributed by atoms with Gasteiger partial charge in [0.15, 0.2) is 5.65 Å². The molecule has 1 amide bonds. The largest absolute Gasteiger partial charge is 0.496 e. The molecule has 1 aliphatic rings. The van der Waals surface area contributed by atoms with Gasteiger partial charge in [-0.1, -0.05) is 0 Å². The molecule has 9 heteroatoms. The highest BCUT2D eigenvalue weighted by Gasteiger charge is 2.28. The minimum absolute atomic E-state index is 0.223. The molecule has 3 aromatic heterocycles. The highest BCUT2D eigenvalue weighted by Crippen LogP contribution is 2.35. The van der Waals surface area contributed by atoms with Crippen molar-refractivity contribution in [2.24, 2.45) is 0 Å². The number of rotatable bonds is 3. The highest BCUT2D eigenvalue weighted by atomic mass is 16.6. The van der Waals surface area contributed by atoms with E-state index in [-0.39, 0.29) is 12.1 Å². The number of carbonyl (C=O) groups is 1. The van der Waals surface area contributed by atoms with Crippen LogP contribution in [0.1, 0.15) is 50.9 Å². The van der Waals surface area contributed by atoms with E-state index < -0.39 is 5.60 Å². The van der Waals surface area contributed by atoms with Crippen LogP contribution in [0.5, 0.6) is 5.75 Å². The number of ether oxygens (including phenoxy) is 2. The Balaban J connectivity index is 1.41. The zero-order valence-electron chi connectivity index (χ0n) is 21.2. The molecule has 0 bridgehead atoms. The average Bonchev–Trinajstić information content (AvgIpc) is 3.39. The fraction of sp³-hybridized carbons (Fsp3) is 0.462. The Morgan fingerprint density at radius 2 is 1.80 bits per heavy atom. The Kier molecular flexibility index (Phi) is 5.65. The number of hydrogen-bond acceptors (Lipinski definition) is 6. The van der Waals surface area contributed by atoms with Crippen molar-refractivity contribution in [3.05, 3.63) is 41.9 Å². The maximum absolute atomic E-state index is 12.4. The number of imidazole rings is 1. The number of nitrogens with zero attached hydrogens (tertiary/aromatic N) is 6. The first kappa shape index (κ1) is 23.1. The number of hydrogen-bond donors (Lipinski definition) is 0. The van der Waals surface area contributed by atoms with Gasteiger partial charge in [-0.05, 0) is 65.2 Å². The number of likely N-dealkylation sites (tertiary alicyclic amines) is 1. The first-order valence-corrected chi connectivity index (χ1v) is 12.0. The SMILES string of the molecule is COc1cc2nn(C3CCN(C(=O)OC(C)(C)C)CC3)cc2cc1-c1cc(C)c2nc(C)cn2n1. The summed E-state index contributed by atoms with van der Waals surface area (Å²) in [5, 5.41) is 10.7. The highest BCUT2D eigenvalue weighted by molar-refractivity contribution is 5.87. The monoisotopic (exact) mass is 476 g/mol. The fourth-order valence-electron chi connectivity index (χ4n) is 4.64. The molecule has 4 heterocycles. The van der Waals surface area contributed by atoms with E-state index in [4.69, 9.17) is 19.7 Å². The minimum Gasteiger partial charge on any atom is -0.496 e. The second-order valence-corrected chi connectivity index (χ2v) is 10.3. The van der Waals surface area contributed by atoms with E-state index >= 15 is 0 Å². The fourth-order valence-corrected chi connectivity index (χ4v) is 4.64. The molecule has 0 spiro atoms. The van der Waals surface area contributed by atoms with Crippen molar-refractivity contribution in [1.82, 2.24) is 29.3 Å². The summed E-state index contributed by atoms with van der Waals surface area (Å²) in [4.78, 5) is 18.7. The quantitative estimate of drug-likeness (QED) is 0.416. The van der Waals surface area contributed by atoms with E-state index in [1.807, 2.05) is 62.1 Å². The molecule has 1 fully saturated rings. The molecule has 1 aliphatic heterocycles. The van der Waals surface area contributed by atoms with Gasteiger partial charge in [-0.2, -0.15) is 10.2 Å². The van der Waals surface area contributed by atoms with Crippen molar-refractivity contribution >= 4 is 22.6 Å². The lowest BCUT2D eigenvalue weighted by Gasteiger charge is -2.33. The first-order chi connectivity index (χ1) is 16.6. The Hall–Kier alpha value is -3.62. The maximum atomic E-state index is 12.4. The smallest absolute Gasteiger partial charge is 0.410 e. The molecule has 5 rings (SSSR count). The van der Waals surface area contributed by atoms with Crippen molar-refractivity contribution in [1.29, 1.82) is 0 Å². The Bertz CT molecular complexity index is 1410. The zero-order valence-corrected chi connectivity index (χ0v) is 21.2. The maximum Gasteiger partial charge on any atom is 0.410 e. The standard InChI is InChI=1S/C26H32N6O3/c1-16-11-22(29-32-14-17(2)27-24(16)32)20-12-18-15-31(28-21(18)13-23(20)34-6)19-7-9-30(10-8-19)25(33)35-26(3,4)5/h11-15,19H,7-10H2,1-6H3. The van der Waals surface area contributed by atoms with E-state index in [0.717, 1.165) is 57.7 Å². The van der Waals surface area contributed by atoms with Gasteiger partial charge in [-0.25, -0.2) is 14.3 Å². The van der Waals surface area contributed by atoms with E-state index in [1.165, 1.54) is 0 Å². The van der Waals surface area contributed by atoms with Crippen molar-refractivity contribution in [3.8, 4) is 17.0 Å². The van der Waals surface area contributed by atoms with E-state index in [9.17, 15) is 4.79 Å². The van der Waals surface area contributed by atoms with Gasteiger partial charge < -0.3 is 14.4 Å². The van der Waals surface area contributed by atoms with Crippen molar-refractivity contribution < 1.29 is 14.3 Å². The van der Waals surface area contributed by atoms with Crippen LogP contribution < -0.4 is 4.74 Å². The third kappa shape index (κ3) is 4.54. The molecule has 0 saturated carbocycles. The summed E-state index contributed by atoms with van der Waals surface area (Å²) < 4.78 is 15.1. The van der Waals surface area contributed by atoms with Crippen LogP contribution >= 0.6 is 0 Å². The summed E-state index contributed by atoms with van der Waals surface area (Å²) >= 11 is 0. The molecule has 0 radical (unpaired) electrons. The van der Waals surface area contributed by atoms with Crippen LogP contribution in [-0.4, -0.2) is 61.2 Å². The van der Waals surface area contributed by atoms with E-state index in [1.54, 1.807) is 12.0 Å². The molecule has 0 unspecified atom stereocenters. The van der Waals surface area contributed by atoms with Gasteiger partial charge in [0.2, 0.25) is 0 Å². The van der Waals surface area contributed by atoms with Gasteiger partial charge in [0.25, 0.3) is 0 Å². The van der Waals surface area contributed by atoms with Gasteiger partial charge in [0, 0.05) is 36.3 Å². The molecule has 0 aliphatic carbocycles. The van der Waals surface area contributed by atoms with Gasteiger partial charge in [-0.3, -0.25) is 4.68 Å². The van der Waals surface area contributed by atoms with Gasteiger partial charge in [0.1, 0.15) is 11.4 Å². The molecule has 1 aromatic carbocycles. The number of fused-ring (bicyclic) bond motifs is 2. The van der Waals surface area contributed by atoms with Gasteiger partial charge in [0.05, 0.1) is 36.3 Å². The number of aromatic nitrogens is 5. The van der Waals surface area contributed by atoms with Crippen LogP contribution in [0.2, 0.25) is 0 Å². The summed E-state index contributed by atoms with van der Waals surface area (Å²) in [6.45, 7) is 11.0. The van der Waals surface area contributed by atoms with Gasteiger partial charge in [-0.15, -0.1) is 0 Å². The van der Waals surface area contributed by atoms with Crippen LogP contribution in [-0.2, 0) is 4.74 Å². The molecule has 0 N–H and O–H groups in total. The Morgan fingerprint density at radius 1 is 1.06 bits per heavy atom. The molecular formula is C26H32N6O3. The second kappa shape index (κ2) is 8.55. The third-order valence-corrected chi connectivity index (χ3v) is 6.34. The molecular weight excluding hydrogens is 444 g/mol. The third-order valence-electron chi connectivity index (χ3n) is 6.34. The topological polar surface area (TPSA) is 86.8 Å². The van der Waals surface area contributed by atoms with E-state index in [0.29, 0.717) is 13.1 Å². The molecule has 35 heavy (non-hydrogen) atoms. The molecule has 0 atom stereocenters. The number of amides is 1. The average molecular weight is 477 g/mol. The summed E-state index contributed by atoms with van der Waals surface area (Å²) in [7, 11) is 1.67.